The molecule has 1 fully saturated rings. The molecule has 178 valence electrons. The van der Waals surface area contributed by atoms with Crippen molar-refractivity contribution in [3.05, 3.63) is 81.8 Å². The molecule has 1 saturated carbocycles. The Hall–Kier alpha value is -3.24. The van der Waals surface area contributed by atoms with Crippen LogP contribution in [0.25, 0.3) is 11.2 Å². The summed E-state index contributed by atoms with van der Waals surface area (Å²) in [5, 5.41) is 1.35. The Morgan fingerprint density at radius 1 is 1.17 bits per heavy atom. The van der Waals surface area contributed by atoms with Gasteiger partial charge in [-0.25, -0.2) is 15.0 Å². The van der Waals surface area contributed by atoms with Crippen LogP contribution in [-0.4, -0.2) is 26.6 Å². The molecule has 2 aliphatic rings. The van der Waals surface area contributed by atoms with Crippen molar-refractivity contribution < 1.29 is 14.2 Å². The van der Waals surface area contributed by atoms with Crippen molar-refractivity contribution >= 4 is 44.7 Å². The summed E-state index contributed by atoms with van der Waals surface area (Å²) >= 11 is 4.96. The minimum atomic E-state index is -0.523. The molecule has 10 heteroatoms. The van der Waals surface area contributed by atoms with Crippen molar-refractivity contribution in [2.45, 2.75) is 36.2 Å². The van der Waals surface area contributed by atoms with Gasteiger partial charge in [0.05, 0.1) is 7.11 Å². The molecule has 0 amide bonds. The molecule has 0 radical (unpaired) electrons. The fraction of sp³-hybridized carbons (Fsp3) is 0.240. The fourth-order valence-corrected chi connectivity index (χ4v) is 5.60. The van der Waals surface area contributed by atoms with E-state index in [4.69, 9.17) is 24.9 Å². The lowest BCUT2D eigenvalue weighted by Gasteiger charge is -2.19. The van der Waals surface area contributed by atoms with E-state index in [-0.39, 0.29) is 5.41 Å². The molecule has 2 aromatic carbocycles. The van der Waals surface area contributed by atoms with Crippen LogP contribution in [0, 0.1) is 0 Å². The van der Waals surface area contributed by atoms with Gasteiger partial charge in [-0.1, -0.05) is 46.3 Å². The maximum absolute atomic E-state index is 6.16. The maximum Gasteiger partial charge on any atom is 0.268 e. The number of benzene rings is 2. The zero-order valence-corrected chi connectivity index (χ0v) is 21.3. The second-order valence-corrected chi connectivity index (χ2v) is 10.4. The SMILES string of the molecule is COc1ccc(C2(Cn3c(SC4=COC(c5ccccc5Br)O4)nc4c(N)ncnc43)CC2)cc1. The van der Waals surface area contributed by atoms with Crippen LogP contribution in [0.3, 0.4) is 0 Å². The normalized spacial score (nSPS) is 18.1. The summed E-state index contributed by atoms with van der Waals surface area (Å²) in [6.07, 6.45) is 4.75. The van der Waals surface area contributed by atoms with Gasteiger partial charge in [0.2, 0.25) is 5.09 Å². The summed E-state index contributed by atoms with van der Waals surface area (Å²) in [6.45, 7) is 0.719. The first kappa shape index (κ1) is 22.2. The Morgan fingerprint density at radius 3 is 2.71 bits per heavy atom. The highest BCUT2D eigenvalue weighted by Crippen LogP contribution is 2.51. The molecule has 2 aromatic heterocycles. The van der Waals surface area contributed by atoms with E-state index in [1.807, 2.05) is 36.4 Å². The van der Waals surface area contributed by atoms with Gasteiger partial charge in [0.25, 0.3) is 6.29 Å². The van der Waals surface area contributed by atoms with E-state index in [9.17, 15) is 0 Å². The van der Waals surface area contributed by atoms with Crippen LogP contribution in [0.1, 0.15) is 30.3 Å². The van der Waals surface area contributed by atoms with Crippen LogP contribution in [0.4, 0.5) is 5.82 Å². The molecule has 1 unspecified atom stereocenters. The molecule has 1 aliphatic heterocycles. The summed E-state index contributed by atoms with van der Waals surface area (Å²) in [4.78, 5) is 13.5. The molecular formula is C25H22BrN5O3S. The molecule has 2 N–H and O–H groups in total. The standard InChI is InChI=1S/C25H22BrN5O3S/c1-32-16-8-6-15(7-9-16)25(10-11-25)13-31-22-20(21(27)28-14-29-22)30-24(31)35-19-12-33-23(34-19)17-4-2-3-5-18(17)26/h2-9,12,14,23H,10-11,13H2,1H3,(H2,27,28,29). The summed E-state index contributed by atoms with van der Waals surface area (Å²) in [5.74, 6) is 1.20. The third-order valence-electron chi connectivity index (χ3n) is 6.40. The molecular weight excluding hydrogens is 530 g/mol. The van der Waals surface area contributed by atoms with Gasteiger partial charge >= 0.3 is 0 Å². The van der Waals surface area contributed by atoms with E-state index in [0.29, 0.717) is 22.1 Å². The third kappa shape index (κ3) is 4.10. The zero-order chi connectivity index (χ0) is 24.0. The molecule has 35 heavy (non-hydrogen) atoms. The van der Waals surface area contributed by atoms with Crippen LogP contribution in [0.5, 0.6) is 5.75 Å². The number of nitrogens with two attached hydrogens (primary N) is 1. The van der Waals surface area contributed by atoms with Crippen molar-refractivity contribution in [2.24, 2.45) is 0 Å². The van der Waals surface area contributed by atoms with Gasteiger partial charge in [-0.15, -0.1) is 0 Å². The molecule has 6 rings (SSSR count). The summed E-state index contributed by atoms with van der Waals surface area (Å²) in [5.41, 5.74) is 9.65. The first-order valence-electron chi connectivity index (χ1n) is 11.1. The minimum absolute atomic E-state index is 0.00771. The molecule has 0 saturated heterocycles. The van der Waals surface area contributed by atoms with Gasteiger partial charge in [-0.3, -0.25) is 0 Å². The lowest BCUT2D eigenvalue weighted by atomic mass is 9.96. The molecule has 4 aromatic rings. The van der Waals surface area contributed by atoms with Gasteiger partial charge in [0.15, 0.2) is 22.1 Å². The van der Waals surface area contributed by atoms with Crippen LogP contribution < -0.4 is 10.5 Å². The van der Waals surface area contributed by atoms with Gasteiger partial charge in [-0.2, -0.15) is 0 Å². The van der Waals surface area contributed by atoms with E-state index in [2.05, 4.69) is 42.6 Å². The molecule has 8 nitrogen and oxygen atoms in total. The van der Waals surface area contributed by atoms with Crippen LogP contribution in [0.2, 0.25) is 0 Å². The average molecular weight is 552 g/mol. The van der Waals surface area contributed by atoms with Gasteiger partial charge in [-0.05, 0) is 48.4 Å². The van der Waals surface area contributed by atoms with Crippen molar-refractivity contribution in [2.75, 3.05) is 12.8 Å². The lowest BCUT2D eigenvalue weighted by Crippen LogP contribution is -2.17. The number of hydrogen-bond acceptors (Lipinski definition) is 8. The number of nitrogen functional groups attached to an aromatic ring is 1. The first-order chi connectivity index (χ1) is 17.1. The number of ether oxygens (including phenoxy) is 3. The Balaban J connectivity index is 1.31. The zero-order valence-electron chi connectivity index (χ0n) is 18.8. The number of halogens is 1. The van der Waals surface area contributed by atoms with Gasteiger partial charge < -0.3 is 24.5 Å². The van der Waals surface area contributed by atoms with Crippen molar-refractivity contribution in [1.29, 1.82) is 0 Å². The number of aromatic nitrogens is 4. The maximum atomic E-state index is 6.16. The number of fused-ring (bicyclic) bond motifs is 1. The summed E-state index contributed by atoms with van der Waals surface area (Å²) in [6, 6.07) is 16.1. The highest BCUT2D eigenvalue weighted by atomic mass is 79.9. The number of hydrogen-bond donors (Lipinski definition) is 1. The molecule has 0 spiro atoms. The van der Waals surface area contributed by atoms with Crippen molar-refractivity contribution in [1.82, 2.24) is 19.5 Å². The first-order valence-corrected chi connectivity index (χ1v) is 12.7. The third-order valence-corrected chi connectivity index (χ3v) is 8.01. The number of thioether (sulfide) groups is 1. The topological polar surface area (TPSA) is 97.3 Å². The van der Waals surface area contributed by atoms with Crippen molar-refractivity contribution in [3.63, 3.8) is 0 Å². The smallest absolute Gasteiger partial charge is 0.268 e. The molecule has 0 bridgehead atoms. The molecule has 3 heterocycles. The van der Waals surface area contributed by atoms with E-state index >= 15 is 0 Å². The second-order valence-electron chi connectivity index (χ2n) is 8.57. The van der Waals surface area contributed by atoms with E-state index in [1.165, 1.54) is 23.7 Å². The monoisotopic (exact) mass is 551 g/mol. The largest absolute Gasteiger partial charge is 0.497 e. The summed E-state index contributed by atoms with van der Waals surface area (Å²) in [7, 11) is 1.68. The van der Waals surface area contributed by atoms with Crippen LogP contribution in [0.15, 0.2) is 75.8 Å². The van der Waals surface area contributed by atoms with Crippen LogP contribution in [-0.2, 0) is 21.4 Å². The Kier molecular flexibility index (Phi) is 5.57. The van der Waals surface area contributed by atoms with E-state index in [0.717, 1.165) is 40.3 Å². The Labute approximate surface area is 214 Å². The number of anilines is 1. The minimum Gasteiger partial charge on any atom is -0.497 e. The highest BCUT2D eigenvalue weighted by molar-refractivity contribution is 9.10. The van der Waals surface area contributed by atoms with Gasteiger partial charge in [0.1, 0.15) is 18.3 Å². The number of nitrogens with zero attached hydrogens (tertiary/aromatic N) is 4. The number of imidazole rings is 1. The molecule has 1 aliphatic carbocycles. The average Bonchev–Trinajstić information content (AvgIpc) is 3.38. The number of methoxy groups -OCH3 is 1. The number of rotatable bonds is 7. The second kappa shape index (κ2) is 8.76. The lowest BCUT2D eigenvalue weighted by molar-refractivity contribution is -0.0278. The predicted octanol–water partition coefficient (Wildman–Crippen LogP) is 5.55. The quantitative estimate of drug-likeness (QED) is 0.319. The molecule has 1 atom stereocenters. The summed E-state index contributed by atoms with van der Waals surface area (Å²) < 4.78 is 20.3. The van der Waals surface area contributed by atoms with E-state index < -0.39 is 6.29 Å². The fourth-order valence-electron chi connectivity index (χ4n) is 4.31. The Bertz CT molecular complexity index is 1440. The van der Waals surface area contributed by atoms with Gasteiger partial charge in [0, 0.05) is 22.0 Å². The Morgan fingerprint density at radius 2 is 1.97 bits per heavy atom. The predicted molar refractivity (Wildman–Crippen MR) is 137 cm³/mol. The van der Waals surface area contributed by atoms with Crippen LogP contribution >= 0.6 is 27.7 Å². The van der Waals surface area contributed by atoms with Crippen molar-refractivity contribution in [3.8, 4) is 5.75 Å². The van der Waals surface area contributed by atoms with E-state index in [1.54, 1.807) is 13.4 Å². The highest BCUT2D eigenvalue weighted by Gasteiger charge is 2.45.